The summed E-state index contributed by atoms with van der Waals surface area (Å²) in [5.41, 5.74) is 0.944. The van der Waals surface area contributed by atoms with Crippen LogP contribution in [0.25, 0.3) is 5.69 Å². The maximum atomic E-state index is 6.02. The molecule has 2 rings (SSSR count). The number of benzene rings is 1. The highest BCUT2D eigenvalue weighted by Crippen LogP contribution is 2.26. The van der Waals surface area contributed by atoms with Gasteiger partial charge in [-0.2, -0.15) is 0 Å². The molecule has 18 heavy (non-hydrogen) atoms. The van der Waals surface area contributed by atoms with E-state index in [0.717, 1.165) is 16.1 Å². The van der Waals surface area contributed by atoms with Crippen LogP contribution >= 0.6 is 27.5 Å². The molecule has 6 heteroatoms. The van der Waals surface area contributed by atoms with E-state index in [0.29, 0.717) is 18.2 Å². The molecule has 2 aromatic rings. The van der Waals surface area contributed by atoms with Gasteiger partial charge in [0, 0.05) is 35.5 Å². The van der Waals surface area contributed by atoms with Gasteiger partial charge in [-0.1, -0.05) is 11.6 Å². The summed E-state index contributed by atoms with van der Waals surface area (Å²) in [6, 6.07) is 5.63. The minimum Gasteiger partial charge on any atom is -0.383 e. The standard InChI is InChI=1S/C12H13BrClN3O/c1-18-7-5-16-12-15-4-6-17(12)11-8-9(14)2-3-10(11)13/h2-4,6,8H,5,7H2,1H3,(H,15,16). The Morgan fingerprint density at radius 2 is 2.33 bits per heavy atom. The van der Waals surface area contributed by atoms with E-state index in [1.165, 1.54) is 0 Å². The average molecular weight is 331 g/mol. The Bertz CT molecular complexity index is 530. The predicted octanol–water partition coefficient (Wildman–Crippen LogP) is 3.35. The first-order valence-electron chi connectivity index (χ1n) is 5.44. The molecule has 0 unspecified atom stereocenters. The molecule has 0 spiro atoms. The molecular formula is C12H13BrClN3O. The van der Waals surface area contributed by atoms with Gasteiger partial charge in [0.05, 0.1) is 12.3 Å². The third-order valence-electron chi connectivity index (χ3n) is 2.40. The number of hydrogen-bond acceptors (Lipinski definition) is 3. The van der Waals surface area contributed by atoms with E-state index in [1.54, 1.807) is 13.3 Å². The van der Waals surface area contributed by atoms with Gasteiger partial charge in [-0.25, -0.2) is 4.98 Å². The van der Waals surface area contributed by atoms with Crippen LogP contribution < -0.4 is 5.32 Å². The van der Waals surface area contributed by atoms with Gasteiger partial charge >= 0.3 is 0 Å². The van der Waals surface area contributed by atoms with E-state index in [-0.39, 0.29) is 0 Å². The molecule has 1 aromatic carbocycles. The molecule has 0 aliphatic rings. The summed E-state index contributed by atoms with van der Waals surface area (Å²) in [5.74, 6) is 0.759. The zero-order valence-electron chi connectivity index (χ0n) is 9.86. The molecule has 0 atom stereocenters. The fourth-order valence-corrected chi connectivity index (χ4v) is 2.17. The lowest BCUT2D eigenvalue weighted by molar-refractivity contribution is 0.210. The second-order valence-electron chi connectivity index (χ2n) is 3.64. The number of imidazole rings is 1. The Balaban J connectivity index is 2.27. The van der Waals surface area contributed by atoms with E-state index in [1.807, 2.05) is 29.0 Å². The lowest BCUT2D eigenvalue weighted by atomic mass is 10.3. The van der Waals surface area contributed by atoms with Crippen LogP contribution in [0.2, 0.25) is 5.02 Å². The fraction of sp³-hybridized carbons (Fsp3) is 0.250. The third-order valence-corrected chi connectivity index (χ3v) is 3.30. The number of rotatable bonds is 5. The van der Waals surface area contributed by atoms with Crippen molar-refractivity contribution in [3.05, 3.63) is 40.1 Å². The zero-order chi connectivity index (χ0) is 13.0. The average Bonchev–Trinajstić information content (AvgIpc) is 2.81. The molecule has 4 nitrogen and oxygen atoms in total. The maximum absolute atomic E-state index is 6.02. The summed E-state index contributed by atoms with van der Waals surface area (Å²) < 4.78 is 7.89. The summed E-state index contributed by atoms with van der Waals surface area (Å²) in [6.45, 7) is 1.33. The SMILES string of the molecule is COCCNc1nccn1-c1cc(Cl)ccc1Br. The largest absolute Gasteiger partial charge is 0.383 e. The first kappa shape index (κ1) is 13.4. The van der Waals surface area contributed by atoms with Crippen LogP contribution in [0.15, 0.2) is 35.1 Å². The second-order valence-corrected chi connectivity index (χ2v) is 4.93. The predicted molar refractivity (Wildman–Crippen MR) is 76.6 cm³/mol. The lowest BCUT2D eigenvalue weighted by Crippen LogP contribution is -2.11. The molecule has 0 radical (unpaired) electrons. The van der Waals surface area contributed by atoms with E-state index in [4.69, 9.17) is 16.3 Å². The summed E-state index contributed by atoms with van der Waals surface area (Å²) in [7, 11) is 1.67. The van der Waals surface area contributed by atoms with Crippen molar-refractivity contribution in [3.8, 4) is 5.69 Å². The van der Waals surface area contributed by atoms with Crippen LogP contribution in [-0.4, -0.2) is 29.8 Å². The van der Waals surface area contributed by atoms with E-state index < -0.39 is 0 Å². The number of hydrogen-bond donors (Lipinski definition) is 1. The summed E-state index contributed by atoms with van der Waals surface area (Å²) in [6.07, 6.45) is 3.62. The van der Waals surface area contributed by atoms with Gasteiger partial charge < -0.3 is 10.1 Å². The van der Waals surface area contributed by atoms with Crippen LogP contribution in [0, 0.1) is 0 Å². The molecule has 0 aliphatic heterocycles. The number of aromatic nitrogens is 2. The lowest BCUT2D eigenvalue weighted by Gasteiger charge is -2.11. The Hall–Kier alpha value is -1.04. The molecular weight excluding hydrogens is 318 g/mol. The maximum Gasteiger partial charge on any atom is 0.207 e. The van der Waals surface area contributed by atoms with Gasteiger partial charge in [0.15, 0.2) is 0 Å². The molecule has 0 fully saturated rings. The van der Waals surface area contributed by atoms with Crippen molar-refractivity contribution >= 4 is 33.5 Å². The third kappa shape index (κ3) is 3.04. The number of nitrogens with one attached hydrogen (secondary N) is 1. The van der Waals surface area contributed by atoms with Gasteiger partial charge in [0.2, 0.25) is 5.95 Å². The highest BCUT2D eigenvalue weighted by molar-refractivity contribution is 9.10. The quantitative estimate of drug-likeness (QED) is 0.855. The van der Waals surface area contributed by atoms with Crippen molar-refractivity contribution in [2.75, 3.05) is 25.6 Å². The van der Waals surface area contributed by atoms with Gasteiger partial charge in [0.1, 0.15) is 0 Å². The van der Waals surface area contributed by atoms with Crippen LogP contribution in [0.1, 0.15) is 0 Å². The van der Waals surface area contributed by atoms with Gasteiger partial charge in [-0.3, -0.25) is 4.57 Å². The first-order valence-corrected chi connectivity index (χ1v) is 6.61. The minimum atomic E-state index is 0.629. The van der Waals surface area contributed by atoms with Crippen molar-refractivity contribution in [1.29, 1.82) is 0 Å². The molecule has 0 bridgehead atoms. The molecule has 1 N–H and O–H groups in total. The zero-order valence-corrected chi connectivity index (χ0v) is 12.2. The first-order chi connectivity index (χ1) is 8.72. The van der Waals surface area contributed by atoms with Gasteiger partial charge in [0.25, 0.3) is 0 Å². The highest BCUT2D eigenvalue weighted by Gasteiger charge is 2.08. The van der Waals surface area contributed by atoms with Gasteiger partial charge in [-0.15, -0.1) is 0 Å². The number of ether oxygens (including phenoxy) is 1. The van der Waals surface area contributed by atoms with Crippen LogP contribution in [0.4, 0.5) is 5.95 Å². The smallest absolute Gasteiger partial charge is 0.207 e. The Morgan fingerprint density at radius 1 is 1.50 bits per heavy atom. The molecule has 0 saturated carbocycles. The Morgan fingerprint density at radius 3 is 3.11 bits per heavy atom. The van der Waals surface area contributed by atoms with Crippen LogP contribution in [-0.2, 0) is 4.74 Å². The molecule has 1 aromatic heterocycles. The van der Waals surface area contributed by atoms with Crippen LogP contribution in [0.5, 0.6) is 0 Å². The highest BCUT2D eigenvalue weighted by atomic mass is 79.9. The molecule has 0 aliphatic carbocycles. The Kier molecular flexibility index (Phi) is 4.63. The Labute approximate surface area is 119 Å². The summed E-state index contributed by atoms with van der Waals surface area (Å²) >= 11 is 9.53. The number of nitrogens with zero attached hydrogens (tertiary/aromatic N) is 2. The molecule has 96 valence electrons. The van der Waals surface area contributed by atoms with Crippen molar-refractivity contribution in [1.82, 2.24) is 9.55 Å². The van der Waals surface area contributed by atoms with Gasteiger partial charge in [-0.05, 0) is 34.1 Å². The fourth-order valence-electron chi connectivity index (χ4n) is 1.56. The normalized spacial score (nSPS) is 10.6. The topological polar surface area (TPSA) is 39.1 Å². The number of anilines is 1. The number of halogens is 2. The minimum absolute atomic E-state index is 0.629. The van der Waals surface area contributed by atoms with Crippen molar-refractivity contribution < 1.29 is 4.74 Å². The number of methoxy groups -OCH3 is 1. The molecule has 0 amide bonds. The summed E-state index contributed by atoms with van der Waals surface area (Å²) in [4.78, 5) is 4.27. The van der Waals surface area contributed by atoms with E-state index in [2.05, 4.69) is 26.2 Å². The van der Waals surface area contributed by atoms with Crippen molar-refractivity contribution in [3.63, 3.8) is 0 Å². The second kappa shape index (κ2) is 6.22. The van der Waals surface area contributed by atoms with E-state index >= 15 is 0 Å². The van der Waals surface area contributed by atoms with E-state index in [9.17, 15) is 0 Å². The van der Waals surface area contributed by atoms with Crippen molar-refractivity contribution in [2.45, 2.75) is 0 Å². The monoisotopic (exact) mass is 329 g/mol. The van der Waals surface area contributed by atoms with Crippen LogP contribution in [0.3, 0.4) is 0 Å². The van der Waals surface area contributed by atoms with Crippen molar-refractivity contribution in [2.24, 2.45) is 0 Å². The molecule has 1 heterocycles. The molecule has 0 saturated heterocycles. The summed E-state index contributed by atoms with van der Waals surface area (Å²) in [5, 5.41) is 3.89.